The van der Waals surface area contributed by atoms with E-state index in [4.69, 9.17) is 4.74 Å². The van der Waals surface area contributed by atoms with Crippen LogP contribution in [-0.2, 0) is 4.74 Å². The first-order valence-electron chi connectivity index (χ1n) is 6.05. The molecule has 1 aliphatic rings. The molecule has 1 fully saturated rings. The van der Waals surface area contributed by atoms with E-state index in [0.717, 1.165) is 12.1 Å². The van der Waals surface area contributed by atoms with Gasteiger partial charge in [0, 0.05) is 31.7 Å². The van der Waals surface area contributed by atoms with Crippen LogP contribution < -0.4 is 5.32 Å². The zero-order valence-corrected chi connectivity index (χ0v) is 12.9. The Labute approximate surface area is 128 Å². The molecule has 2 unspecified atom stereocenters. The van der Waals surface area contributed by atoms with Crippen LogP contribution in [-0.4, -0.2) is 34.9 Å². The minimum atomic E-state index is -1.10. The molecule has 2 atom stereocenters. The smallest absolute Gasteiger partial charge is 0.293 e. The zero-order valence-electron chi connectivity index (χ0n) is 10.7. The molecule has 8 heteroatoms. The fourth-order valence-corrected chi connectivity index (χ4v) is 2.53. The van der Waals surface area contributed by atoms with Crippen LogP contribution >= 0.6 is 22.6 Å². The number of ether oxygens (including phenoxy) is 1. The molecule has 110 valence electrons. The minimum absolute atomic E-state index is 0.0560. The molecule has 20 heavy (non-hydrogen) atoms. The van der Waals surface area contributed by atoms with Crippen molar-refractivity contribution in [2.24, 2.45) is 0 Å². The van der Waals surface area contributed by atoms with Crippen LogP contribution in [0.2, 0.25) is 0 Å². The van der Waals surface area contributed by atoms with Crippen molar-refractivity contribution in [3.8, 4) is 0 Å². The number of hydrogen-bond acceptors (Lipinski definition) is 5. The Morgan fingerprint density at radius 3 is 2.95 bits per heavy atom. The Morgan fingerprint density at radius 2 is 2.40 bits per heavy atom. The van der Waals surface area contributed by atoms with Gasteiger partial charge in [-0.3, -0.25) is 10.1 Å². The van der Waals surface area contributed by atoms with Crippen molar-refractivity contribution in [1.29, 1.82) is 0 Å². The van der Waals surface area contributed by atoms with Crippen molar-refractivity contribution >= 4 is 34.0 Å². The summed E-state index contributed by atoms with van der Waals surface area (Å²) in [5.41, 5.74) is -1.26. The van der Waals surface area contributed by atoms with Gasteiger partial charge in [-0.2, -0.15) is 0 Å². The normalized spacial score (nSPS) is 25.7. The molecule has 1 aromatic rings. The van der Waals surface area contributed by atoms with E-state index < -0.39 is 16.3 Å². The van der Waals surface area contributed by atoms with E-state index in [1.165, 1.54) is 0 Å². The Kier molecular flexibility index (Phi) is 4.45. The van der Waals surface area contributed by atoms with Crippen LogP contribution in [0.25, 0.3) is 0 Å². The van der Waals surface area contributed by atoms with Crippen molar-refractivity contribution in [1.82, 2.24) is 0 Å². The zero-order chi connectivity index (χ0) is 14.9. The number of hydrogen-bond donors (Lipinski definition) is 2. The van der Waals surface area contributed by atoms with Crippen LogP contribution in [0, 0.1) is 19.5 Å². The largest absolute Gasteiger partial charge is 0.385 e. The standard InChI is InChI=1S/C12H14FIN2O4/c1-7-12(17,2-3-20-7)6-15-10-4-8(13)9(14)5-11(10)16(18)19/h4-5,7,15,17H,2-3,6H2,1H3. The SMILES string of the molecule is CC1OCCC1(O)CNc1cc(F)c(I)cc1[N+](=O)[O-]. The van der Waals surface area contributed by atoms with Gasteiger partial charge in [0.15, 0.2) is 0 Å². The first-order valence-corrected chi connectivity index (χ1v) is 7.12. The summed E-state index contributed by atoms with van der Waals surface area (Å²) in [6.07, 6.45) is 0.0599. The van der Waals surface area contributed by atoms with Gasteiger partial charge in [0.2, 0.25) is 0 Å². The predicted octanol–water partition coefficient (Wildman–Crippen LogP) is 2.29. The number of halogens is 2. The van der Waals surface area contributed by atoms with Crippen molar-refractivity contribution in [3.63, 3.8) is 0 Å². The lowest BCUT2D eigenvalue weighted by atomic mass is 9.96. The van der Waals surface area contributed by atoms with Crippen LogP contribution in [0.3, 0.4) is 0 Å². The number of rotatable bonds is 4. The van der Waals surface area contributed by atoms with Gasteiger partial charge in [0.1, 0.15) is 17.1 Å². The molecule has 1 heterocycles. The summed E-state index contributed by atoms with van der Waals surface area (Å²) < 4.78 is 19.0. The van der Waals surface area contributed by atoms with Crippen molar-refractivity contribution in [3.05, 3.63) is 31.6 Å². The molecule has 2 rings (SSSR count). The van der Waals surface area contributed by atoms with Crippen molar-refractivity contribution in [2.75, 3.05) is 18.5 Å². The number of nitrogens with one attached hydrogen (secondary N) is 1. The first kappa shape index (κ1) is 15.4. The third kappa shape index (κ3) is 3.01. The average molecular weight is 396 g/mol. The molecule has 1 aromatic carbocycles. The van der Waals surface area contributed by atoms with Gasteiger partial charge in [-0.1, -0.05) is 0 Å². The second kappa shape index (κ2) is 5.78. The Morgan fingerprint density at radius 1 is 1.70 bits per heavy atom. The summed E-state index contributed by atoms with van der Waals surface area (Å²) in [7, 11) is 0. The number of nitro benzene ring substituents is 1. The highest BCUT2D eigenvalue weighted by molar-refractivity contribution is 14.1. The van der Waals surface area contributed by atoms with E-state index in [2.05, 4.69) is 5.32 Å². The van der Waals surface area contributed by atoms with Crippen molar-refractivity contribution in [2.45, 2.75) is 25.0 Å². The summed E-state index contributed by atoms with van der Waals surface area (Å²) in [4.78, 5) is 10.4. The number of anilines is 1. The summed E-state index contributed by atoms with van der Waals surface area (Å²) >= 11 is 1.70. The van der Waals surface area contributed by atoms with Crippen LogP contribution in [0.5, 0.6) is 0 Å². The Hall–Kier alpha value is -1.00. The molecular formula is C12H14FIN2O4. The number of nitrogens with zero attached hydrogens (tertiary/aromatic N) is 1. The molecular weight excluding hydrogens is 382 g/mol. The molecule has 0 bridgehead atoms. The van der Waals surface area contributed by atoms with Crippen LogP contribution in [0.4, 0.5) is 15.8 Å². The quantitative estimate of drug-likeness (QED) is 0.464. The Bertz CT molecular complexity index is 542. The molecule has 1 saturated heterocycles. The Balaban J connectivity index is 2.21. The molecule has 6 nitrogen and oxygen atoms in total. The lowest BCUT2D eigenvalue weighted by Crippen LogP contribution is -2.43. The maximum Gasteiger partial charge on any atom is 0.293 e. The maximum absolute atomic E-state index is 13.5. The van der Waals surface area contributed by atoms with Crippen LogP contribution in [0.15, 0.2) is 12.1 Å². The topological polar surface area (TPSA) is 84.6 Å². The van der Waals surface area contributed by atoms with Gasteiger partial charge in [-0.25, -0.2) is 4.39 Å². The fraction of sp³-hybridized carbons (Fsp3) is 0.500. The summed E-state index contributed by atoms with van der Waals surface area (Å²) in [5.74, 6) is -0.540. The predicted molar refractivity (Wildman–Crippen MR) is 79.2 cm³/mol. The molecule has 1 aliphatic heterocycles. The summed E-state index contributed by atoms with van der Waals surface area (Å²) in [6.45, 7) is 2.23. The molecule has 0 aliphatic carbocycles. The fourth-order valence-electron chi connectivity index (χ4n) is 2.08. The molecule has 0 radical (unpaired) electrons. The van der Waals surface area contributed by atoms with E-state index in [-0.39, 0.29) is 27.6 Å². The van der Waals surface area contributed by atoms with Gasteiger partial charge >= 0.3 is 0 Å². The van der Waals surface area contributed by atoms with E-state index in [1.807, 2.05) is 0 Å². The van der Waals surface area contributed by atoms with Gasteiger partial charge in [0.25, 0.3) is 5.69 Å². The summed E-state index contributed by atoms with van der Waals surface area (Å²) in [6, 6.07) is 2.24. The number of benzene rings is 1. The monoisotopic (exact) mass is 396 g/mol. The van der Waals surface area contributed by atoms with Gasteiger partial charge < -0.3 is 15.2 Å². The van der Waals surface area contributed by atoms with Gasteiger partial charge in [-0.05, 0) is 29.5 Å². The third-order valence-corrected chi connectivity index (χ3v) is 4.31. The second-order valence-corrected chi connectivity index (χ2v) is 5.92. The minimum Gasteiger partial charge on any atom is -0.385 e. The van der Waals surface area contributed by atoms with Crippen molar-refractivity contribution < 1.29 is 19.2 Å². The van der Waals surface area contributed by atoms with E-state index in [1.54, 1.807) is 29.5 Å². The lowest BCUT2D eigenvalue weighted by molar-refractivity contribution is -0.384. The molecule has 0 amide bonds. The highest BCUT2D eigenvalue weighted by Gasteiger charge is 2.39. The molecule has 0 aromatic heterocycles. The van der Waals surface area contributed by atoms with E-state index in [0.29, 0.717) is 13.0 Å². The van der Waals surface area contributed by atoms with E-state index >= 15 is 0 Å². The summed E-state index contributed by atoms with van der Waals surface area (Å²) in [5, 5.41) is 24.1. The van der Waals surface area contributed by atoms with Gasteiger partial charge in [-0.15, -0.1) is 0 Å². The van der Waals surface area contributed by atoms with Crippen LogP contribution in [0.1, 0.15) is 13.3 Å². The lowest BCUT2D eigenvalue weighted by Gasteiger charge is -2.26. The maximum atomic E-state index is 13.5. The van der Waals surface area contributed by atoms with E-state index in [9.17, 15) is 19.6 Å². The molecule has 2 N–H and O–H groups in total. The first-order chi connectivity index (χ1) is 9.33. The highest BCUT2D eigenvalue weighted by atomic mass is 127. The second-order valence-electron chi connectivity index (χ2n) is 4.76. The molecule has 0 spiro atoms. The third-order valence-electron chi connectivity index (χ3n) is 3.48. The highest BCUT2D eigenvalue weighted by Crippen LogP contribution is 2.31. The van der Waals surface area contributed by atoms with Gasteiger partial charge in [0.05, 0.1) is 14.6 Å². The molecule has 0 saturated carbocycles. The number of nitro groups is 1. The average Bonchev–Trinajstić information content (AvgIpc) is 2.71. The number of aliphatic hydroxyl groups is 1.